The van der Waals surface area contributed by atoms with Crippen LogP contribution >= 0.6 is 0 Å². The Morgan fingerprint density at radius 2 is 1.72 bits per heavy atom. The summed E-state index contributed by atoms with van der Waals surface area (Å²) in [4.78, 5) is 26.9. The lowest BCUT2D eigenvalue weighted by molar-refractivity contribution is -0.126. The largest absolute Gasteiger partial charge is 0.394 e. The summed E-state index contributed by atoms with van der Waals surface area (Å²) >= 11 is 0. The number of nitrogens with one attached hydrogen (secondary N) is 2. The number of halogens is 1. The molecule has 1 unspecified atom stereocenters. The number of nitrogens with zero attached hydrogens (tertiary/aromatic N) is 3. The first kappa shape index (κ1) is 27.5. The van der Waals surface area contributed by atoms with Gasteiger partial charge in [0.25, 0.3) is 5.91 Å². The van der Waals surface area contributed by atoms with Gasteiger partial charge in [0.1, 0.15) is 17.4 Å². The van der Waals surface area contributed by atoms with Crippen molar-refractivity contribution in [2.75, 3.05) is 6.61 Å². The summed E-state index contributed by atoms with van der Waals surface area (Å²) in [5.41, 5.74) is 1.46. The van der Waals surface area contributed by atoms with Crippen LogP contribution in [0.25, 0.3) is 10.9 Å². The van der Waals surface area contributed by atoms with Gasteiger partial charge in [-0.2, -0.15) is 10.4 Å². The highest BCUT2D eigenvalue weighted by atomic mass is 19.1. The zero-order valence-corrected chi connectivity index (χ0v) is 22.0. The Balaban J connectivity index is 1.63. The summed E-state index contributed by atoms with van der Waals surface area (Å²) in [5, 5.41) is 29.3. The van der Waals surface area contributed by atoms with E-state index < -0.39 is 35.1 Å². The maximum atomic E-state index is 14.9. The predicted molar refractivity (Wildman–Crippen MR) is 145 cm³/mol. The molecule has 2 atom stereocenters. The molecule has 0 fully saturated rings. The Morgan fingerprint density at radius 1 is 1.03 bits per heavy atom. The smallest absolute Gasteiger partial charge is 0.273 e. The highest BCUT2D eigenvalue weighted by molar-refractivity contribution is 6.06. The molecule has 0 spiro atoms. The first-order valence-corrected chi connectivity index (χ1v) is 12.5. The number of para-hydroxylation sites is 1. The summed E-state index contributed by atoms with van der Waals surface area (Å²) in [6, 6.07) is 20.7. The van der Waals surface area contributed by atoms with Crippen molar-refractivity contribution >= 4 is 22.7 Å². The second-order valence-corrected chi connectivity index (χ2v) is 10.4. The van der Waals surface area contributed by atoms with E-state index >= 15 is 0 Å². The zero-order valence-electron chi connectivity index (χ0n) is 22.0. The molecule has 3 N–H and O–H groups in total. The SMILES string of the molecule is CC(C)(C)C(NC(=O)c1nn(Cc2ccc(C#N)cc2)c2c(F)cccc12)C(=O)N[C@@H](CO)c1ccccc1. The van der Waals surface area contributed by atoms with E-state index in [2.05, 4.69) is 21.8 Å². The lowest BCUT2D eigenvalue weighted by Crippen LogP contribution is -2.54. The van der Waals surface area contributed by atoms with Crippen LogP contribution in [0.2, 0.25) is 0 Å². The van der Waals surface area contributed by atoms with Gasteiger partial charge < -0.3 is 15.7 Å². The molecule has 0 aliphatic rings. The number of aliphatic hydroxyl groups excluding tert-OH is 1. The summed E-state index contributed by atoms with van der Waals surface area (Å²) < 4.78 is 16.4. The van der Waals surface area contributed by atoms with Gasteiger partial charge >= 0.3 is 0 Å². The monoisotopic (exact) mass is 527 g/mol. The molecule has 0 radical (unpaired) electrons. The van der Waals surface area contributed by atoms with Gasteiger partial charge in [0, 0.05) is 5.39 Å². The fraction of sp³-hybridized carbons (Fsp3) is 0.267. The Bertz CT molecular complexity index is 1520. The van der Waals surface area contributed by atoms with Gasteiger partial charge in [-0.15, -0.1) is 0 Å². The van der Waals surface area contributed by atoms with Crippen molar-refractivity contribution in [2.24, 2.45) is 5.41 Å². The van der Waals surface area contributed by atoms with E-state index in [-0.39, 0.29) is 24.4 Å². The van der Waals surface area contributed by atoms with Gasteiger partial charge in [0.05, 0.1) is 30.8 Å². The minimum Gasteiger partial charge on any atom is -0.394 e. The summed E-state index contributed by atoms with van der Waals surface area (Å²) in [7, 11) is 0. The number of aliphatic hydroxyl groups is 1. The molecule has 8 nitrogen and oxygen atoms in total. The van der Waals surface area contributed by atoms with Crippen LogP contribution in [-0.2, 0) is 11.3 Å². The molecule has 4 aromatic rings. The molecule has 4 rings (SSSR count). The van der Waals surface area contributed by atoms with Crippen molar-refractivity contribution in [3.05, 3.63) is 101 Å². The van der Waals surface area contributed by atoms with Crippen molar-refractivity contribution in [3.8, 4) is 6.07 Å². The van der Waals surface area contributed by atoms with Crippen LogP contribution in [0.3, 0.4) is 0 Å². The first-order valence-electron chi connectivity index (χ1n) is 12.5. The van der Waals surface area contributed by atoms with Crippen molar-refractivity contribution in [1.82, 2.24) is 20.4 Å². The van der Waals surface area contributed by atoms with Crippen molar-refractivity contribution in [2.45, 2.75) is 39.4 Å². The Labute approximate surface area is 226 Å². The molecule has 0 saturated heterocycles. The molecule has 0 aliphatic heterocycles. The number of aromatic nitrogens is 2. The van der Waals surface area contributed by atoms with Crippen molar-refractivity contribution < 1.29 is 19.1 Å². The second-order valence-electron chi connectivity index (χ2n) is 10.4. The van der Waals surface area contributed by atoms with E-state index in [4.69, 9.17) is 5.26 Å². The summed E-state index contributed by atoms with van der Waals surface area (Å²) in [5.74, 6) is -1.63. The van der Waals surface area contributed by atoms with Crippen molar-refractivity contribution in [3.63, 3.8) is 0 Å². The van der Waals surface area contributed by atoms with E-state index in [0.717, 1.165) is 11.1 Å². The quantitative estimate of drug-likeness (QED) is 0.319. The average Bonchev–Trinajstić information content (AvgIpc) is 3.30. The second kappa shape index (κ2) is 11.5. The third-order valence-electron chi connectivity index (χ3n) is 6.46. The number of nitriles is 1. The van der Waals surface area contributed by atoms with E-state index in [0.29, 0.717) is 10.9 Å². The molecular formula is C30H30FN5O3. The van der Waals surface area contributed by atoms with Gasteiger partial charge in [0.15, 0.2) is 5.69 Å². The number of amides is 2. The Morgan fingerprint density at radius 3 is 2.33 bits per heavy atom. The summed E-state index contributed by atoms with van der Waals surface area (Å²) in [6.45, 7) is 5.30. The maximum absolute atomic E-state index is 14.9. The molecule has 0 aliphatic carbocycles. The number of benzene rings is 3. The van der Waals surface area contributed by atoms with Crippen LogP contribution < -0.4 is 10.6 Å². The third-order valence-corrected chi connectivity index (χ3v) is 6.46. The van der Waals surface area contributed by atoms with E-state index in [9.17, 15) is 19.1 Å². The highest BCUT2D eigenvalue weighted by Gasteiger charge is 2.35. The molecule has 9 heteroatoms. The van der Waals surface area contributed by atoms with Gasteiger partial charge in [0.2, 0.25) is 5.91 Å². The molecule has 200 valence electrons. The van der Waals surface area contributed by atoms with Gasteiger partial charge in [-0.3, -0.25) is 14.3 Å². The van der Waals surface area contributed by atoms with Crippen molar-refractivity contribution in [1.29, 1.82) is 5.26 Å². The van der Waals surface area contributed by atoms with Crippen LogP contribution in [0.1, 0.15) is 54.0 Å². The minimum atomic E-state index is -0.977. The van der Waals surface area contributed by atoms with E-state index in [1.54, 1.807) is 42.5 Å². The molecule has 1 aromatic heterocycles. The predicted octanol–water partition coefficient (Wildman–Crippen LogP) is 4.09. The van der Waals surface area contributed by atoms with Crippen LogP contribution in [0.15, 0.2) is 72.8 Å². The number of carbonyl (C=O) groups is 2. The molecule has 39 heavy (non-hydrogen) atoms. The number of rotatable bonds is 8. The molecule has 3 aromatic carbocycles. The molecule has 2 amide bonds. The molecule has 0 bridgehead atoms. The summed E-state index contributed by atoms with van der Waals surface area (Å²) in [6.07, 6.45) is 0. The van der Waals surface area contributed by atoms with E-state index in [1.165, 1.54) is 16.8 Å². The maximum Gasteiger partial charge on any atom is 0.273 e. The van der Waals surface area contributed by atoms with Crippen LogP contribution in [0.5, 0.6) is 0 Å². The van der Waals surface area contributed by atoms with Crippen LogP contribution in [0.4, 0.5) is 4.39 Å². The van der Waals surface area contributed by atoms with Crippen LogP contribution in [-0.4, -0.2) is 39.4 Å². The van der Waals surface area contributed by atoms with E-state index in [1.807, 2.05) is 39.0 Å². The van der Waals surface area contributed by atoms with Gasteiger partial charge in [-0.1, -0.05) is 75.4 Å². The zero-order chi connectivity index (χ0) is 28.2. The molecule has 1 heterocycles. The lowest BCUT2D eigenvalue weighted by Gasteiger charge is -2.31. The standard InChI is InChI=1S/C30H30FN5O3/c1-30(2,3)27(29(39)33-24(18-37)21-8-5-4-6-9-21)34-28(38)25-22-10-7-11-23(31)26(22)36(35-25)17-20-14-12-19(16-32)13-15-20/h4-15,24,27,37H,17-18H2,1-3H3,(H,33,39)(H,34,38)/t24-,27?/m0/s1. The fourth-order valence-corrected chi connectivity index (χ4v) is 4.38. The van der Waals surface area contributed by atoms with Crippen LogP contribution in [0, 0.1) is 22.6 Å². The number of hydrogen-bond donors (Lipinski definition) is 3. The third kappa shape index (κ3) is 6.13. The minimum absolute atomic E-state index is 0.0121. The topological polar surface area (TPSA) is 120 Å². The first-order chi connectivity index (χ1) is 18.6. The number of carbonyl (C=O) groups excluding carboxylic acids is 2. The lowest BCUT2D eigenvalue weighted by atomic mass is 9.85. The number of fused-ring (bicyclic) bond motifs is 1. The Hall–Kier alpha value is -4.55. The highest BCUT2D eigenvalue weighted by Crippen LogP contribution is 2.25. The average molecular weight is 528 g/mol. The Kier molecular flexibility index (Phi) is 8.07. The molecular weight excluding hydrogens is 497 g/mol. The number of hydrogen-bond acceptors (Lipinski definition) is 5. The van der Waals surface area contributed by atoms with Gasteiger partial charge in [-0.25, -0.2) is 4.39 Å². The fourth-order valence-electron chi connectivity index (χ4n) is 4.38. The molecule has 0 saturated carbocycles. The normalized spacial score (nSPS) is 12.9. The van der Waals surface area contributed by atoms with Gasteiger partial charge in [-0.05, 0) is 34.7 Å².